The lowest BCUT2D eigenvalue weighted by molar-refractivity contribution is -0.139. The molecular formula is C12H16N2O2. The zero-order chi connectivity index (χ0) is 11.7. The smallest absolute Gasteiger partial charge is 0.326 e. The van der Waals surface area contributed by atoms with Gasteiger partial charge >= 0.3 is 5.97 Å². The van der Waals surface area contributed by atoms with Crippen LogP contribution in [0, 0.1) is 12.8 Å². The average Bonchev–Trinajstić information content (AvgIpc) is 2.60. The van der Waals surface area contributed by atoms with Crippen molar-refractivity contribution in [3.05, 3.63) is 24.0 Å². The summed E-state index contributed by atoms with van der Waals surface area (Å²) in [5, 5.41) is 9.23. The summed E-state index contributed by atoms with van der Waals surface area (Å²) in [5.41, 5.74) is 1.88. The molecule has 2 unspecified atom stereocenters. The van der Waals surface area contributed by atoms with Crippen LogP contribution < -0.4 is 4.90 Å². The van der Waals surface area contributed by atoms with E-state index in [0.29, 0.717) is 0 Å². The molecule has 4 nitrogen and oxygen atoms in total. The molecule has 0 aliphatic carbocycles. The largest absolute Gasteiger partial charge is 0.480 e. The highest BCUT2D eigenvalue weighted by Crippen LogP contribution is 2.29. The third-order valence-corrected chi connectivity index (χ3v) is 3.17. The maximum Gasteiger partial charge on any atom is 0.326 e. The summed E-state index contributed by atoms with van der Waals surface area (Å²) in [7, 11) is 0. The van der Waals surface area contributed by atoms with Gasteiger partial charge in [-0.25, -0.2) is 4.79 Å². The summed E-state index contributed by atoms with van der Waals surface area (Å²) in [6, 6.07) is 3.41. The van der Waals surface area contributed by atoms with Crippen LogP contribution in [0.2, 0.25) is 0 Å². The molecule has 1 aliphatic heterocycles. The predicted molar refractivity (Wildman–Crippen MR) is 61.5 cm³/mol. The van der Waals surface area contributed by atoms with Crippen LogP contribution in [0.3, 0.4) is 0 Å². The monoisotopic (exact) mass is 220 g/mol. The Labute approximate surface area is 94.9 Å². The molecule has 86 valence electrons. The molecule has 2 heterocycles. The van der Waals surface area contributed by atoms with Crippen LogP contribution in [-0.4, -0.2) is 28.6 Å². The van der Waals surface area contributed by atoms with Crippen molar-refractivity contribution in [3.63, 3.8) is 0 Å². The number of aryl methyl sites for hydroxylation is 1. The molecule has 2 atom stereocenters. The second-order valence-corrected chi connectivity index (χ2v) is 4.40. The Hall–Kier alpha value is -1.58. The molecule has 1 N–H and O–H groups in total. The molecular weight excluding hydrogens is 204 g/mol. The number of anilines is 1. The van der Waals surface area contributed by atoms with Gasteiger partial charge in [0, 0.05) is 24.1 Å². The number of pyridine rings is 1. The lowest BCUT2D eigenvalue weighted by Crippen LogP contribution is -2.39. The van der Waals surface area contributed by atoms with E-state index in [0.717, 1.165) is 24.3 Å². The topological polar surface area (TPSA) is 53.4 Å². The quantitative estimate of drug-likeness (QED) is 0.824. The van der Waals surface area contributed by atoms with Crippen LogP contribution in [0.15, 0.2) is 18.3 Å². The van der Waals surface area contributed by atoms with Gasteiger partial charge in [-0.1, -0.05) is 6.92 Å². The molecule has 0 amide bonds. The van der Waals surface area contributed by atoms with E-state index in [1.165, 1.54) is 0 Å². The van der Waals surface area contributed by atoms with Gasteiger partial charge in [0.15, 0.2) is 0 Å². The summed E-state index contributed by atoms with van der Waals surface area (Å²) in [6.45, 7) is 4.72. The van der Waals surface area contributed by atoms with Crippen molar-refractivity contribution < 1.29 is 9.90 Å². The Morgan fingerprint density at radius 3 is 3.00 bits per heavy atom. The van der Waals surface area contributed by atoms with E-state index in [-0.39, 0.29) is 5.92 Å². The van der Waals surface area contributed by atoms with Crippen LogP contribution >= 0.6 is 0 Å². The standard InChI is InChI=1S/C12H16N2O2/c1-8-4-6-14(11(8)12(15)16)10-3-5-13-9(2)7-10/h3,5,7-8,11H,4,6H2,1-2H3,(H,15,16). The van der Waals surface area contributed by atoms with Crippen molar-refractivity contribution in [1.29, 1.82) is 0 Å². The summed E-state index contributed by atoms with van der Waals surface area (Å²) in [5.74, 6) is -0.537. The van der Waals surface area contributed by atoms with E-state index in [1.807, 2.05) is 30.9 Å². The first-order chi connectivity index (χ1) is 7.59. The minimum Gasteiger partial charge on any atom is -0.480 e. The van der Waals surface area contributed by atoms with Gasteiger partial charge in [0.1, 0.15) is 6.04 Å². The van der Waals surface area contributed by atoms with Crippen molar-refractivity contribution in [2.45, 2.75) is 26.3 Å². The molecule has 16 heavy (non-hydrogen) atoms. The third-order valence-electron chi connectivity index (χ3n) is 3.17. The molecule has 0 aromatic carbocycles. The number of hydrogen-bond acceptors (Lipinski definition) is 3. The van der Waals surface area contributed by atoms with Gasteiger partial charge in [-0.3, -0.25) is 4.98 Å². The molecule has 4 heteroatoms. The maximum atomic E-state index is 11.2. The predicted octanol–water partition coefficient (Wildman–Crippen LogP) is 1.69. The molecule has 1 aromatic heterocycles. The number of hydrogen-bond donors (Lipinski definition) is 1. The van der Waals surface area contributed by atoms with Gasteiger partial charge in [0.2, 0.25) is 0 Å². The fourth-order valence-electron chi connectivity index (χ4n) is 2.32. The van der Waals surface area contributed by atoms with E-state index in [4.69, 9.17) is 0 Å². The maximum absolute atomic E-state index is 11.2. The molecule has 0 bridgehead atoms. The minimum atomic E-state index is -0.737. The van der Waals surface area contributed by atoms with E-state index in [2.05, 4.69) is 4.98 Å². The molecule has 1 saturated heterocycles. The fraction of sp³-hybridized carbons (Fsp3) is 0.500. The lowest BCUT2D eigenvalue weighted by atomic mass is 10.0. The first-order valence-corrected chi connectivity index (χ1v) is 5.51. The number of carboxylic acids is 1. The Kier molecular flexibility index (Phi) is 2.81. The van der Waals surface area contributed by atoms with Crippen molar-refractivity contribution in [2.24, 2.45) is 5.92 Å². The van der Waals surface area contributed by atoms with E-state index < -0.39 is 12.0 Å². The van der Waals surface area contributed by atoms with Crippen molar-refractivity contribution >= 4 is 11.7 Å². The number of carboxylic acid groups (broad SMARTS) is 1. The molecule has 0 radical (unpaired) electrons. The lowest BCUT2D eigenvalue weighted by Gasteiger charge is -2.25. The van der Waals surface area contributed by atoms with E-state index >= 15 is 0 Å². The Morgan fingerprint density at radius 2 is 2.38 bits per heavy atom. The molecule has 0 saturated carbocycles. The number of nitrogens with zero attached hydrogens (tertiary/aromatic N) is 2. The SMILES string of the molecule is Cc1cc(N2CCC(C)C2C(=O)O)ccn1. The van der Waals surface area contributed by atoms with Crippen LogP contribution in [0.5, 0.6) is 0 Å². The molecule has 2 rings (SSSR count). The zero-order valence-electron chi connectivity index (χ0n) is 9.55. The second kappa shape index (κ2) is 4.12. The highest BCUT2D eigenvalue weighted by atomic mass is 16.4. The van der Waals surface area contributed by atoms with Gasteiger partial charge in [-0.15, -0.1) is 0 Å². The normalized spacial score (nSPS) is 24.8. The highest BCUT2D eigenvalue weighted by molar-refractivity contribution is 5.79. The van der Waals surface area contributed by atoms with Gasteiger partial charge in [-0.2, -0.15) is 0 Å². The van der Waals surface area contributed by atoms with Gasteiger partial charge in [0.05, 0.1) is 0 Å². The van der Waals surface area contributed by atoms with E-state index in [9.17, 15) is 9.90 Å². The second-order valence-electron chi connectivity index (χ2n) is 4.40. The van der Waals surface area contributed by atoms with Crippen LogP contribution in [0.4, 0.5) is 5.69 Å². The zero-order valence-corrected chi connectivity index (χ0v) is 9.55. The van der Waals surface area contributed by atoms with Gasteiger partial charge in [-0.05, 0) is 31.4 Å². The summed E-state index contributed by atoms with van der Waals surface area (Å²) in [6.07, 6.45) is 2.66. The third kappa shape index (κ3) is 1.87. The Bertz CT molecular complexity index is 406. The number of aromatic nitrogens is 1. The fourth-order valence-corrected chi connectivity index (χ4v) is 2.32. The van der Waals surface area contributed by atoms with E-state index in [1.54, 1.807) is 6.20 Å². The summed E-state index contributed by atoms with van der Waals surface area (Å²) in [4.78, 5) is 17.3. The molecule has 1 fully saturated rings. The van der Waals surface area contributed by atoms with Gasteiger partial charge in [0.25, 0.3) is 0 Å². The first kappa shape index (κ1) is 10.9. The van der Waals surface area contributed by atoms with Crippen molar-refractivity contribution in [1.82, 2.24) is 4.98 Å². The van der Waals surface area contributed by atoms with Crippen LogP contribution in [0.25, 0.3) is 0 Å². The molecule has 1 aliphatic rings. The van der Waals surface area contributed by atoms with Crippen LogP contribution in [-0.2, 0) is 4.79 Å². The molecule has 0 spiro atoms. The summed E-state index contributed by atoms with van der Waals surface area (Å²) >= 11 is 0. The first-order valence-electron chi connectivity index (χ1n) is 5.51. The number of carbonyl (C=O) groups is 1. The number of rotatable bonds is 2. The van der Waals surface area contributed by atoms with Crippen molar-refractivity contribution in [3.8, 4) is 0 Å². The molecule has 1 aromatic rings. The Morgan fingerprint density at radius 1 is 1.62 bits per heavy atom. The highest BCUT2D eigenvalue weighted by Gasteiger charge is 2.36. The van der Waals surface area contributed by atoms with Crippen LogP contribution in [0.1, 0.15) is 19.0 Å². The number of aliphatic carboxylic acids is 1. The minimum absolute atomic E-state index is 0.200. The summed E-state index contributed by atoms with van der Waals surface area (Å²) < 4.78 is 0. The average molecular weight is 220 g/mol. The Balaban J connectivity index is 2.30. The van der Waals surface area contributed by atoms with Crippen molar-refractivity contribution in [2.75, 3.05) is 11.4 Å². The van der Waals surface area contributed by atoms with Gasteiger partial charge < -0.3 is 10.0 Å².